The van der Waals surface area contributed by atoms with E-state index in [1.54, 1.807) is 11.8 Å². The van der Waals surface area contributed by atoms with Gasteiger partial charge >= 0.3 is 5.97 Å². The minimum atomic E-state index is -1.02. The highest BCUT2D eigenvalue weighted by Gasteiger charge is 2.47. The normalized spacial score (nSPS) is 35.4. The molecule has 2 fully saturated rings. The number of carboxylic acids is 1. The third kappa shape index (κ3) is 2.61. The predicted molar refractivity (Wildman–Crippen MR) is 71.8 cm³/mol. The Kier molecular flexibility index (Phi) is 4.13. The van der Waals surface area contributed by atoms with Gasteiger partial charge in [0.05, 0.1) is 6.04 Å². The lowest BCUT2D eigenvalue weighted by Crippen LogP contribution is -2.57. The van der Waals surface area contributed by atoms with Crippen LogP contribution in [0.15, 0.2) is 0 Å². The zero-order valence-corrected chi connectivity index (χ0v) is 11.8. The van der Waals surface area contributed by atoms with Gasteiger partial charge in [-0.3, -0.25) is 4.79 Å². The fourth-order valence-corrected chi connectivity index (χ4v) is 3.28. The molecule has 3 unspecified atom stereocenters. The molecule has 0 bridgehead atoms. The average molecular weight is 268 g/mol. The van der Waals surface area contributed by atoms with E-state index in [4.69, 9.17) is 0 Å². The molecule has 19 heavy (non-hydrogen) atoms. The molecule has 0 aromatic heterocycles. The van der Waals surface area contributed by atoms with Crippen molar-refractivity contribution in [2.24, 2.45) is 5.92 Å². The van der Waals surface area contributed by atoms with Crippen LogP contribution < -0.4 is 5.32 Å². The maximum Gasteiger partial charge on any atom is 0.329 e. The van der Waals surface area contributed by atoms with Crippen LogP contribution in [0.1, 0.15) is 46.0 Å². The van der Waals surface area contributed by atoms with Gasteiger partial charge in [-0.15, -0.1) is 0 Å². The molecule has 5 heteroatoms. The third-order valence-electron chi connectivity index (χ3n) is 4.76. The fraction of sp³-hybridized carbons (Fsp3) is 0.857. The van der Waals surface area contributed by atoms with Gasteiger partial charge in [0, 0.05) is 6.54 Å². The van der Waals surface area contributed by atoms with Crippen LogP contribution in [0.4, 0.5) is 0 Å². The van der Waals surface area contributed by atoms with Gasteiger partial charge in [-0.25, -0.2) is 4.79 Å². The van der Waals surface area contributed by atoms with Crippen LogP contribution in [0.25, 0.3) is 0 Å². The van der Waals surface area contributed by atoms with E-state index >= 15 is 0 Å². The number of carboxylic acid groups (broad SMARTS) is 1. The maximum atomic E-state index is 12.6. The second-order valence-corrected chi connectivity index (χ2v) is 5.98. The molecule has 2 N–H and O–H groups in total. The molecule has 1 amide bonds. The van der Waals surface area contributed by atoms with Crippen LogP contribution in [-0.2, 0) is 9.59 Å². The molecule has 5 nitrogen and oxygen atoms in total. The molecule has 2 rings (SSSR count). The van der Waals surface area contributed by atoms with Gasteiger partial charge in [-0.2, -0.15) is 0 Å². The smallest absolute Gasteiger partial charge is 0.329 e. The molecule has 0 aromatic rings. The second kappa shape index (κ2) is 5.49. The van der Waals surface area contributed by atoms with Crippen LogP contribution in [0, 0.1) is 5.92 Å². The standard InChI is InChI=1S/C14H24N2O3/c1-3-10-5-7-15-11(9-10)12(17)16-8-4-6-14(16,2)13(18)19/h10-11,15H,3-9H2,1-2H3,(H,18,19). The van der Waals surface area contributed by atoms with Crippen LogP contribution in [0.5, 0.6) is 0 Å². The molecule has 3 atom stereocenters. The van der Waals surface area contributed by atoms with Crippen LogP contribution in [0.3, 0.4) is 0 Å². The van der Waals surface area contributed by atoms with Gasteiger partial charge in [-0.05, 0) is 45.1 Å². The van der Waals surface area contributed by atoms with Gasteiger partial charge in [0.15, 0.2) is 0 Å². The summed E-state index contributed by atoms with van der Waals surface area (Å²) in [5.41, 5.74) is -1.02. The Balaban J connectivity index is 2.08. The van der Waals surface area contributed by atoms with Crippen molar-refractivity contribution < 1.29 is 14.7 Å². The summed E-state index contributed by atoms with van der Waals surface area (Å²) in [6.07, 6.45) is 4.36. The van der Waals surface area contributed by atoms with E-state index in [1.807, 2.05) is 0 Å². The first-order valence-corrected chi connectivity index (χ1v) is 7.27. The number of aliphatic carboxylic acids is 1. The van der Waals surface area contributed by atoms with E-state index in [0.29, 0.717) is 18.9 Å². The SMILES string of the molecule is CCC1CCNC(C(=O)N2CCCC2(C)C(=O)O)C1. The van der Waals surface area contributed by atoms with Crippen molar-refractivity contribution in [2.75, 3.05) is 13.1 Å². The van der Waals surface area contributed by atoms with E-state index in [2.05, 4.69) is 12.2 Å². The summed E-state index contributed by atoms with van der Waals surface area (Å²) in [6, 6.07) is -0.199. The third-order valence-corrected chi connectivity index (χ3v) is 4.76. The molecule has 108 valence electrons. The zero-order valence-electron chi connectivity index (χ0n) is 11.8. The van der Waals surface area contributed by atoms with Crippen molar-refractivity contribution in [1.82, 2.24) is 10.2 Å². The first-order valence-electron chi connectivity index (χ1n) is 7.27. The lowest BCUT2D eigenvalue weighted by atomic mass is 9.89. The van der Waals surface area contributed by atoms with E-state index in [9.17, 15) is 14.7 Å². The number of carbonyl (C=O) groups is 2. The van der Waals surface area contributed by atoms with E-state index in [1.165, 1.54) is 0 Å². The average Bonchev–Trinajstić information content (AvgIpc) is 2.81. The monoisotopic (exact) mass is 268 g/mol. The summed E-state index contributed by atoms with van der Waals surface area (Å²) in [7, 11) is 0. The van der Waals surface area contributed by atoms with Crippen LogP contribution in [0.2, 0.25) is 0 Å². The Morgan fingerprint density at radius 2 is 2.21 bits per heavy atom. The maximum absolute atomic E-state index is 12.6. The van der Waals surface area contributed by atoms with Gasteiger partial charge in [-0.1, -0.05) is 13.3 Å². The topological polar surface area (TPSA) is 69.6 Å². The number of carbonyl (C=O) groups excluding carboxylic acids is 1. The molecule has 0 saturated carbocycles. The molecule has 0 radical (unpaired) electrons. The van der Waals surface area contributed by atoms with Crippen LogP contribution in [-0.4, -0.2) is 46.6 Å². The minimum Gasteiger partial charge on any atom is -0.480 e. The number of amides is 1. The number of nitrogens with zero attached hydrogens (tertiary/aromatic N) is 1. The lowest BCUT2D eigenvalue weighted by Gasteiger charge is -2.37. The van der Waals surface area contributed by atoms with Crippen molar-refractivity contribution >= 4 is 11.9 Å². The summed E-state index contributed by atoms with van der Waals surface area (Å²) in [6.45, 7) is 5.23. The Hall–Kier alpha value is -1.10. The van der Waals surface area contributed by atoms with E-state index < -0.39 is 11.5 Å². The molecular weight excluding hydrogens is 244 g/mol. The Morgan fingerprint density at radius 3 is 2.84 bits per heavy atom. The molecule has 2 heterocycles. The number of hydrogen-bond donors (Lipinski definition) is 2. The van der Waals surface area contributed by atoms with Gasteiger partial charge < -0.3 is 15.3 Å². The summed E-state index contributed by atoms with van der Waals surface area (Å²) in [5, 5.41) is 12.6. The highest BCUT2D eigenvalue weighted by Crippen LogP contribution is 2.31. The quantitative estimate of drug-likeness (QED) is 0.807. The number of hydrogen-bond acceptors (Lipinski definition) is 3. The number of nitrogens with one attached hydrogen (secondary N) is 1. The first kappa shape index (κ1) is 14.3. The zero-order chi connectivity index (χ0) is 14.0. The Bertz CT molecular complexity index is 372. The molecule has 2 saturated heterocycles. The Morgan fingerprint density at radius 1 is 1.47 bits per heavy atom. The Labute approximate surface area is 114 Å². The van der Waals surface area contributed by atoms with E-state index in [-0.39, 0.29) is 11.9 Å². The molecule has 0 aromatic carbocycles. The summed E-state index contributed by atoms with van der Waals surface area (Å²) in [5.74, 6) is -0.337. The number of rotatable bonds is 3. The van der Waals surface area contributed by atoms with E-state index in [0.717, 1.165) is 32.2 Å². The van der Waals surface area contributed by atoms with Crippen molar-refractivity contribution in [3.8, 4) is 0 Å². The molecule has 2 aliphatic heterocycles. The lowest BCUT2D eigenvalue weighted by molar-refractivity contribution is -0.156. The van der Waals surface area contributed by atoms with Crippen molar-refractivity contribution in [3.05, 3.63) is 0 Å². The summed E-state index contributed by atoms with van der Waals surface area (Å²) < 4.78 is 0. The first-order chi connectivity index (χ1) is 8.99. The van der Waals surface area contributed by atoms with Gasteiger partial charge in [0.25, 0.3) is 0 Å². The summed E-state index contributed by atoms with van der Waals surface area (Å²) in [4.78, 5) is 25.6. The fourth-order valence-electron chi connectivity index (χ4n) is 3.28. The molecule has 0 aliphatic carbocycles. The van der Waals surface area contributed by atoms with Crippen molar-refractivity contribution in [3.63, 3.8) is 0 Å². The minimum absolute atomic E-state index is 0.0273. The predicted octanol–water partition coefficient (Wildman–Crippen LogP) is 1.23. The number of piperidine rings is 1. The van der Waals surface area contributed by atoms with Gasteiger partial charge in [0.2, 0.25) is 5.91 Å². The molecule has 0 spiro atoms. The van der Waals surface area contributed by atoms with Crippen LogP contribution >= 0.6 is 0 Å². The number of likely N-dealkylation sites (tertiary alicyclic amines) is 1. The van der Waals surface area contributed by atoms with Crippen molar-refractivity contribution in [2.45, 2.75) is 57.5 Å². The second-order valence-electron chi connectivity index (χ2n) is 5.98. The largest absolute Gasteiger partial charge is 0.480 e. The molecular formula is C14H24N2O3. The highest BCUT2D eigenvalue weighted by molar-refractivity contribution is 5.90. The highest BCUT2D eigenvalue weighted by atomic mass is 16.4. The molecule has 2 aliphatic rings. The van der Waals surface area contributed by atoms with Crippen molar-refractivity contribution in [1.29, 1.82) is 0 Å². The summed E-state index contributed by atoms with van der Waals surface area (Å²) >= 11 is 0. The van der Waals surface area contributed by atoms with Gasteiger partial charge in [0.1, 0.15) is 5.54 Å².